The molecule has 0 aliphatic heterocycles. The first-order chi connectivity index (χ1) is 10.2. The fourth-order valence-corrected chi connectivity index (χ4v) is 1.51. The number of anilines is 1. The Bertz CT molecular complexity index is 687. The van der Waals surface area contributed by atoms with Crippen LogP contribution in [0.2, 0.25) is 0 Å². The van der Waals surface area contributed by atoms with E-state index in [1.807, 2.05) is 6.07 Å². The monoisotopic (exact) mass is 286 g/mol. The molecule has 0 unspecified atom stereocenters. The van der Waals surface area contributed by atoms with Crippen LogP contribution in [0.1, 0.15) is 0 Å². The molecule has 1 heterocycles. The molecule has 2 amide bonds. The molecule has 0 bridgehead atoms. The molecule has 0 radical (unpaired) electrons. The number of carbonyl (C=O) groups excluding carboxylic acids is 1. The highest BCUT2D eigenvalue weighted by atomic mass is 16.4. The van der Waals surface area contributed by atoms with Gasteiger partial charge in [0.1, 0.15) is 6.07 Å². The van der Waals surface area contributed by atoms with Gasteiger partial charge < -0.3 is 10.5 Å². The normalized spacial score (nSPS) is 10.7. The van der Waals surface area contributed by atoms with Crippen LogP contribution in [-0.4, -0.2) is 26.7 Å². The zero-order chi connectivity index (χ0) is 15.1. The maximum Gasteiger partial charge on any atom is 0.349 e. The van der Waals surface area contributed by atoms with E-state index in [4.69, 9.17) is 10.5 Å². The maximum atomic E-state index is 11.7. The number of rotatable bonds is 4. The van der Waals surface area contributed by atoms with E-state index in [9.17, 15) is 4.79 Å². The number of nitrogens with zero attached hydrogens (tertiary/aromatic N) is 5. The first kappa shape index (κ1) is 14.0. The third-order valence-corrected chi connectivity index (χ3v) is 2.41. The van der Waals surface area contributed by atoms with E-state index in [0.717, 1.165) is 0 Å². The molecule has 9 nitrogen and oxygen atoms in total. The number of hydrogen-bond acceptors (Lipinski definition) is 5. The predicted molar refractivity (Wildman–Crippen MR) is 72.1 cm³/mol. The van der Waals surface area contributed by atoms with E-state index in [2.05, 4.69) is 21.0 Å². The van der Waals surface area contributed by atoms with Crippen LogP contribution >= 0.6 is 0 Å². The Kier molecular flexibility index (Phi) is 4.45. The summed E-state index contributed by atoms with van der Waals surface area (Å²) in [5, 5.41) is 26.5. The Labute approximate surface area is 119 Å². The molecule has 2 rings (SSSR count). The molecule has 106 valence electrons. The first-order valence-corrected chi connectivity index (χ1v) is 5.89. The molecule has 0 aliphatic rings. The van der Waals surface area contributed by atoms with Gasteiger partial charge in [0.25, 0.3) is 6.33 Å². The minimum atomic E-state index is -0.443. The van der Waals surface area contributed by atoms with Crippen molar-refractivity contribution >= 4 is 17.4 Å². The second-order valence-electron chi connectivity index (χ2n) is 3.94. The van der Waals surface area contributed by atoms with Crippen molar-refractivity contribution in [1.82, 2.24) is 9.78 Å². The van der Waals surface area contributed by atoms with Crippen molar-refractivity contribution in [3.63, 3.8) is 0 Å². The summed E-state index contributed by atoms with van der Waals surface area (Å²) in [7, 11) is 0. The first-order valence-electron chi connectivity index (χ1n) is 5.89. The van der Waals surface area contributed by atoms with Crippen molar-refractivity contribution in [3.8, 4) is 6.07 Å². The lowest BCUT2D eigenvalue weighted by Gasteiger charge is -2.03. The number of benzene rings is 1. The number of amides is 2. The lowest BCUT2D eigenvalue weighted by molar-refractivity contribution is -0.641. The molecule has 0 saturated heterocycles. The van der Waals surface area contributed by atoms with Gasteiger partial charge in [0, 0.05) is 10.8 Å². The molecule has 0 spiro atoms. The van der Waals surface area contributed by atoms with Crippen molar-refractivity contribution in [2.45, 2.75) is 6.54 Å². The minimum absolute atomic E-state index is 0.00197. The predicted octanol–water partition coefficient (Wildman–Crippen LogP) is 0.300. The van der Waals surface area contributed by atoms with Crippen molar-refractivity contribution in [2.75, 3.05) is 10.7 Å². The molecular formula is C12H12N7O2+. The highest BCUT2D eigenvalue weighted by Crippen LogP contribution is 2.03. The Morgan fingerprint density at radius 2 is 2.24 bits per heavy atom. The molecule has 1 aromatic carbocycles. The third-order valence-electron chi connectivity index (χ3n) is 2.41. The van der Waals surface area contributed by atoms with E-state index >= 15 is 0 Å². The summed E-state index contributed by atoms with van der Waals surface area (Å²) in [5.74, 6) is 0. The van der Waals surface area contributed by atoms with Crippen molar-refractivity contribution in [2.24, 2.45) is 5.16 Å². The van der Waals surface area contributed by atoms with E-state index in [-0.39, 0.29) is 12.3 Å². The van der Waals surface area contributed by atoms with Crippen LogP contribution in [0.3, 0.4) is 0 Å². The van der Waals surface area contributed by atoms with Crippen molar-refractivity contribution in [3.05, 3.63) is 43.0 Å². The molecule has 2 aromatic rings. The molecule has 0 aliphatic carbocycles. The number of urea groups is 1. The van der Waals surface area contributed by atoms with E-state index in [1.165, 1.54) is 22.0 Å². The molecule has 0 atom stereocenters. The summed E-state index contributed by atoms with van der Waals surface area (Å²) in [6.45, 7) is 0.00197. The van der Waals surface area contributed by atoms with E-state index in [0.29, 0.717) is 5.69 Å². The van der Waals surface area contributed by atoms with Crippen LogP contribution in [0.5, 0.6) is 0 Å². The average molecular weight is 286 g/mol. The zero-order valence-electron chi connectivity index (χ0n) is 10.8. The summed E-state index contributed by atoms with van der Waals surface area (Å²) in [6.07, 6.45) is 2.78. The number of nitriles is 1. The minimum Gasteiger partial charge on any atom is -0.410 e. The largest absolute Gasteiger partial charge is 0.410 e. The second kappa shape index (κ2) is 6.67. The fourth-order valence-electron chi connectivity index (χ4n) is 1.51. The molecule has 0 saturated carbocycles. The Hall–Kier alpha value is -3.41. The maximum absolute atomic E-state index is 11.7. The van der Waals surface area contributed by atoms with Gasteiger partial charge in [-0.1, -0.05) is 23.4 Å². The summed E-state index contributed by atoms with van der Waals surface area (Å²) in [6, 6.07) is 10.2. The van der Waals surface area contributed by atoms with Crippen LogP contribution < -0.4 is 15.4 Å². The molecule has 21 heavy (non-hydrogen) atoms. The molecule has 3 N–H and O–H groups in total. The fraction of sp³-hybridized carbons (Fsp3) is 0.0833. The molecular weight excluding hydrogens is 274 g/mol. The SMILES string of the molecule is N#C/C(Cn1c[n+](NC(=O)Nc2ccccc2)cn1)=N\O. The van der Waals surface area contributed by atoms with E-state index < -0.39 is 6.03 Å². The Balaban J connectivity index is 1.93. The highest BCUT2D eigenvalue weighted by molar-refractivity contribution is 5.97. The molecule has 9 heteroatoms. The highest BCUT2D eigenvalue weighted by Gasteiger charge is 2.11. The van der Waals surface area contributed by atoms with Gasteiger partial charge in [0.2, 0.25) is 6.33 Å². The van der Waals surface area contributed by atoms with Gasteiger partial charge in [0.15, 0.2) is 12.3 Å². The standard InChI is InChI=1S/C12H11N7O2/c13-6-11(17-21)7-18-9-19(8-14-18)16-12(20)15-10-4-2-1-3-5-10/h1-5,8-9H,7H2,(H2-,15,16,20,21)/p+1/b17-11+. The Morgan fingerprint density at radius 3 is 2.90 bits per heavy atom. The number of para-hydroxylation sites is 1. The summed E-state index contributed by atoms with van der Waals surface area (Å²) in [5.41, 5.74) is 3.07. The van der Waals surface area contributed by atoms with Crippen LogP contribution in [0, 0.1) is 11.3 Å². The number of hydrogen-bond donors (Lipinski definition) is 3. The van der Waals surface area contributed by atoms with Crippen LogP contribution in [-0.2, 0) is 6.54 Å². The third kappa shape index (κ3) is 4.03. The van der Waals surface area contributed by atoms with Gasteiger partial charge >= 0.3 is 6.03 Å². The van der Waals surface area contributed by atoms with E-state index in [1.54, 1.807) is 30.3 Å². The van der Waals surface area contributed by atoms with Crippen molar-refractivity contribution < 1.29 is 14.7 Å². The molecule has 0 fully saturated rings. The number of nitrogens with one attached hydrogen (secondary N) is 2. The van der Waals surface area contributed by atoms with Crippen molar-refractivity contribution in [1.29, 1.82) is 5.26 Å². The smallest absolute Gasteiger partial charge is 0.349 e. The topological polar surface area (TPSA) is 119 Å². The number of carbonyl (C=O) groups is 1. The lowest BCUT2D eigenvalue weighted by Crippen LogP contribution is -2.48. The molecule has 1 aromatic heterocycles. The van der Waals surface area contributed by atoms with Gasteiger partial charge in [-0.2, -0.15) is 10.7 Å². The van der Waals surface area contributed by atoms with Gasteiger partial charge in [0.05, 0.1) is 0 Å². The lowest BCUT2D eigenvalue weighted by atomic mass is 10.3. The van der Waals surface area contributed by atoms with Crippen LogP contribution in [0.15, 0.2) is 48.1 Å². The second-order valence-corrected chi connectivity index (χ2v) is 3.94. The summed E-state index contributed by atoms with van der Waals surface area (Å²) >= 11 is 0. The number of oxime groups is 1. The van der Waals surface area contributed by atoms with Gasteiger partial charge in [-0.25, -0.2) is 4.79 Å². The van der Waals surface area contributed by atoms with Crippen LogP contribution in [0.25, 0.3) is 0 Å². The Morgan fingerprint density at radius 1 is 1.48 bits per heavy atom. The van der Waals surface area contributed by atoms with Gasteiger partial charge in [-0.3, -0.25) is 0 Å². The average Bonchev–Trinajstić information content (AvgIpc) is 2.92. The summed E-state index contributed by atoms with van der Waals surface area (Å²) in [4.78, 5) is 11.7. The summed E-state index contributed by atoms with van der Waals surface area (Å²) < 4.78 is 2.64. The zero-order valence-corrected chi connectivity index (χ0v) is 10.8. The quantitative estimate of drug-likeness (QED) is 0.324. The van der Waals surface area contributed by atoms with Gasteiger partial charge in [-0.15, -0.1) is 9.36 Å². The number of aromatic nitrogens is 3. The van der Waals surface area contributed by atoms with Gasteiger partial charge in [-0.05, 0) is 12.1 Å². The van der Waals surface area contributed by atoms with Crippen LogP contribution in [0.4, 0.5) is 10.5 Å².